The fraction of sp³-hybridized carbons (Fsp3) is 0.750. The lowest BCUT2D eigenvalue weighted by molar-refractivity contribution is 1.10. The van der Waals surface area contributed by atoms with Crippen LogP contribution in [-0.4, -0.2) is 5.38 Å². The van der Waals surface area contributed by atoms with Crippen LogP contribution in [0.3, 0.4) is 0 Å². The van der Waals surface area contributed by atoms with Gasteiger partial charge in [-0.15, -0.1) is 11.6 Å². The maximum Gasteiger partial charge on any atom is 0.0279 e. The van der Waals surface area contributed by atoms with E-state index in [4.69, 9.17) is 11.6 Å². The normalized spacial score (nSPS) is 7.20. The van der Waals surface area contributed by atoms with Crippen LogP contribution in [0, 0.1) is 7.43 Å². The zero-order valence-corrected chi connectivity index (χ0v) is 4.29. The van der Waals surface area contributed by atoms with Gasteiger partial charge in [0.1, 0.15) is 0 Å². The first-order valence-corrected chi connectivity index (χ1v) is 1.81. The van der Waals surface area contributed by atoms with Crippen molar-refractivity contribution >= 4 is 11.6 Å². The maximum absolute atomic E-state index is 5.27. The lowest BCUT2D eigenvalue weighted by Crippen LogP contribution is -1.70. The van der Waals surface area contributed by atoms with Gasteiger partial charge in [0, 0.05) is 5.38 Å². The van der Waals surface area contributed by atoms with Gasteiger partial charge in [-0.2, -0.15) is 0 Å². The minimum atomic E-state index is 0. The van der Waals surface area contributed by atoms with E-state index in [9.17, 15) is 0 Å². The van der Waals surface area contributed by atoms with Crippen LogP contribution in [0.4, 0.5) is 0 Å². The van der Waals surface area contributed by atoms with Crippen molar-refractivity contribution in [2.24, 2.45) is 0 Å². The van der Waals surface area contributed by atoms with Gasteiger partial charge in [0.05, 0.1) is 0 Å². The third-order valence-electron chi connectivity index (χ3n) is 0. The SMILES string of the molecule is CC(C)Cl.[CH]. The molecule has 0 amide bonds. The predicted molar refractivity (Wildman–Crippen MR) is 25.3 cm³/mol. The van der Waals surface area contributed by atoms with E-state index in [1.807, 2.05) is 13.8 Å². The quantitative estimate of drug-likeness (QED) is 0.399. The first-order valence-electron chi connectivity index (χ1n) is 1.37. The Kier molecular flexibility index (Phi) is 7.72. The molecule has 0 fully saturated rings. The zero-order chi connectivity index (χ0) is 3.58. The van der Waals surface area contributed by atoms with Crippen molar-refractivity contribution < 1.29 is 0 Å². The highest BCUT2D eigenvalue weighted by Gasteiger charge is 1.71. The van der Waals surface area contributed by atoms with Crippen LogP contribution in [0.5, 0.6) is 0 Å². The van der Waals surface area contributed by atoms with E-state index < -0.39 is 0 Å². The van der Waals surface area contributed by atoms with Crippen LogP contribution in [0.1, 0.15) is 13.8 Å². The van der Waals surface area contributed by atoms with Gasteiger partial charge in [-0.05, 0) is 21.3 Å². The van der Waals surface area contributed by atoms with Gasteiger partial charge in [-0.1, -0.05) is 0 Å². The van der Waals surface area contributed by atoms with E-state index in [0.717, 1.165) is 0 Å². The molecule has 5 heavy (non-hydrogen) atoms. The Morgan fingerprint density at radius 2 is 1.40 bits per heavy atom. The van der Waals surface area contributed by atoms with Gasteiger partial charge < -0.3 is 0 Å². The Bertz CT molecular complexity index is 8.36. The Balaban J connectivity index is 0. The van der Waals surface area contributed by atoms with E-state index >= 15 is 0 Å². The third-order valence-corrected chi connectivity index (χ3v) is 0. The van der Waals surface area contributed by atoms with E-state index in [1.165, 1.54) is 0 Å². The van der Waals surface area contributed by atoms with Crippen molar-refractivity contribution in [3.63, 3.8) is 0 Å². The summed E-state index contributed by atoms with van der Waals surface area (Å²) in [6.45, 7) is 3.86. The molecule has 0 heterocycles. The van der Waals surface area contributed by atoms with Crippen LogP contribution in [0.2, 0.25) is 0 Å². The molecule has 0 aliphatic heterocycles. The van der Waals surface area contributed by atoms with Gasteiger partial charge in [0.25, 0.3) is 0 Å². The Morgan fingerprint density at radius 1 is 1.40 bits per heavy atom. The van der Waals surface area contributed by atoms with Crippen molar-refractivity contribution in [2.75, 3.05) is 0 Å². The number of hydrogen-bond donors (Lipinski definition) is 0. The molecule has 0 nitrogen and oxygen atoms in total. The second kappa shape index (κ2) is 4.29. The highest BCUT2D eigenvalue weighted by molar-refractivity contribution is 6.20. The highest BCUT2D eigenvalue weighted by atomic mass is 35.5. The van der Waals surface area contributed by atoms with Gasteiger partial charge in [-0.25, -0.2) is 0 Å². The van der Waals surface area contributed by atoms with E-state index in [2.05, 4.69) is 0 Å². The van der Waals surface area contributed by atoms with Crippen molar-refractivity contribution in [3.05, 3.63) is 7.43 Å². The molecule has 0 N–H and O–H groups in total. The number of alkyl halides is 1. The molecule has 0 saturated carbocycles. The number of halogens is 1. The van der Waals surface area contributed by atoms with E-state index in [0.29, 0.717) is 5.38 Å². The van der Waals surface area contributed by atoms with Crippen molar-refractivity contribution in [1.82, 2.24) is 0 Å². The van der Waals surface area contributed by atoms with Gasteiger partial charge in [-0.3, -0.25) is 0 Å². The largest absolute Gasteiger partial charge is 0.124 e. The fourth-order valence-electron chi connectivity index (χ4n) is 0. The molecule has 0 bridgehead atoms. The summed E-state index contributed by atoms with van der Waals surface area (Å²) in [5.74, 6) is 0. The standard InChI is InChI=1S/C3H7Cl.CH/c1-3(2)4;/h3H,1-2H3;1H. The summed E-state index contributed by atoms with van der Waals surface area (Å²) in [6, 6.07) is 0. The summed E-state index contributed by atoms with van der Waals surface area (Å²) in [5, 5.41) is 0.306. The van der Waals surface area contributed by atoms with Crippen LogP contribution < -0.4 is 0 Å². The third kappa shape index (κ3) is 268. The predicted octanol–water partition coefficient (Wildman–Crippen LogP) is 1.84. The summed E-state index contributed by atoms with van der Waals surface area (Å²) in [7, 11) is 0. The lowest BCUT2D eigenvalue weighted by Gasteiger charge is -1.76. The molecule has 0 saturated heterocycles. The number of hydrogen-bond acceptors (Lipinski definition) is 0. The van der Waals surface area contributed by atoms with Gasteiger partial charge >= 0.3 is 0 Å². The zero-order valence-electron chi connectivity index (χ0n) is 3.53. The summed E-state index contributed by atoms with van der Waals surface area (Å²) in [5.41, 5.74) is 0. The minimum absolute atomic E-state index is 0. The monoisotopic (exact) mass is 91.0 g/mol. The molecular formula is C4H8Cl. The highest BCUT2D eigenvalue weighted by Crippen LogP contribution is 1.84. The fourth-order valence-corrected chi connectivity index (χ4v) is 0. The Hall–Kier alpha value is 0.290. The second-order valence-corrected chi connectivity index (χ2v) is 1.89. The molecule has 0 unspecified atom stereocenters. The molecule has 0 aliphatic carbocycles. The molecule has 0 aromatic heterocycles. The van der Waals surface area contributed by atoms with Crippen LogP contribution in [-0.2, 0) is 0 Å². The molecule has 0 atom stereocenters. The minimum Gasteiger partial charge on any atom is -0.124 e. The smallest absolute Gasteiger partial charge is 0.0279 e. The molecule has 0 rings (SSSR count). The first-order chi connectivity index (χ1) is 1.73. The van der Waals surface area contributed by atoms with Crippen LogP contribution in [0.25, 0.3) is 0 Å². The molecule has 3 radical (unpaired) electrons. The average Bonchev–Trinajstić information content (AvgIpc) is 0.811. The summed E-state index contributed by atoms with van der Waals surface area (Å²) >= 11 is 5.27. The van der Waals surface area contributed by atoms with Crippen LogP contribution >= 0.6 is 11.6 Å². The van der Waals surface area contributed by atoms with Crippen molar-refractivity contribution in [1.29, 1.82) is 0 Å². The van der Waals surface area contributed by atoms with Crippen molar-refractivity contribution in [3.8, 4) is 0 Å². The summed E-state index contributed by atoms with van der Waals surface area (Å²) in [6.07, 6.45) is 0. The molecule has 0 aliphatic rings. The molecule has 31 valence electrons. The topological polar surface area (TPSA) is 0 Å². The second-order valence-electron chi connectivity index (χ2n) is 1.01. The van der Waals surface area contributed by atoms with Gasteiger partial charge in [0.2, 0.25) is 0 Å². The molecular weight excluding hydrogens is 83.5 g/mol. The molecule has 0 aromatic carbocycles. The Morgan fingerprint density at radius 3 is 1.40 bits per heavy atom. The lowest BCUT2D eigenvalue weighted by atomic mass is 10.6. The van der Waals surface area contributed by atoms with Crippen molar-refractivity contribution in [2.45, 2.75) is 19.2 Å². The van der Waals surface area contributed by atoms with Crippen LogP contribution in [0.15, 0.2) is 0 Å². The molecule has 0 spiro atoms. The maximum atomic E-state index is 5.27. The summed E-state index contributed by atoms with van der Waals surface area (Å²) < 4.78 is 0. The molecule has 1 heteroatoms. The molecule has 0 aromatic rings. The number of rotatable bonds is 0. The van der Waals surface area contributed by atoms with Gasteiger partial charge in [0.15, 0.2) is 0 Å². The first kappa shape index (κ1) is 8.99. The van der Waals surface area contributed by atoms with E-state index in [-0.39, 0.29) is 7.43 Å². The average molecular weight is 91.6 g/mol. The van der Waals surface area contributed by atoms with E-state index in [1.54, 1.807) is 0 Å². The Labute approximate surface area is 39.1 Å². The summed E-state index contributed by atoms with van der Waals surface area (Å²) in [4.78, 5) is 0.